The van der Waals surface area contributed by atoms with Crippen LogP contribution in [0, 0.1) is 5.41 Å². The minimum atomic E-state index is 0.330. The summed E-state index contributed by atoms with van der Waals surface area (Å²) in [5, 5.41) is 7.85. The van der Waals surface area contributed by atoms with Gasteiger partial charge < -0.3 is 15.0 Å². The van der Waals surface area contributed by atoms with Gasteiger partial charge in [-0.1, -0.05) is 6.42 Å². The van der Waals surface area contributed by atoms with Crippen LogP contribution in [0.1, 0.15) is 45.4 Å². The molecule has 7 nitrogen and oxygen atoms in total. The summed E-state index contributed by atoms with van der Waals surface area (Å²) in [6.07, 6.45) is 6.93. The Hall–Kier alpha value is -1.63. The lowest BCUT2D eigenvalue weighted by Crippen LogP contribution is -2.68. The number of rotatable bonds is 6. The van der Waals surface area contributed by atoms with Gasteiger partial charge in [-0.05, 0) is 33.1 Å². The van der Waals surface area contributed by atoms with E-state index in [2.05, 4.69) is 46.2 Å². The van der Waals surface area contributed by atoms with Crippen LogP contribution in [0.5, 0.6) is 0 Å². The van der Waals surface area contributed by atoms with E-state index in [4.69, 9.17) is 4.74 Å². The summed E-state index contributed by atoms with van der Waals surface area (Å²) >= 11 is 0. The van der Waals surface area contributed by atoms with Crippen molar-refractivity contribution in [3.05, 3.63) is 12.2 Å². The van der Waals surface area contributed by atoms with Crippen LogP contribution in [0.25, 0.3) is 0 Å². The fourth-order valence-corrected chi connectivity index (χ4v) is 3.97. The van der Waals surface area contributed by atoms with Gasteiger partial charge in [-0.3, -0.25) is 9.67 Å². The summed E-state index contributed by atoms with van der Waals surface area (Å²) in [4.78, 5) is 11.1. The molecule has 0 aliphatic heterocycles. The molecule has 3 rings (SSSR count). The van der Waals surface area contributed by atoms with Crippen LogP contribution in [-0.2, 0) is 18.3 Å². The van der Waals surface area contributed by atoms with E-state index in [0.29, 0.717) is 24.1 Å². The molecule has 1 aromatic heterocycles. The molecule has 2 fully saturated rings. The molecule has 1 aromatic rings. The maximum absolute atomic E-state index is 5.95. The van der Waals surface area contributed by atoms with Gasteiger partial charge in [-0.25, -0.2) is 4.98 Å². The Morgan fingerprint density at radius 1 is 1.50 bits per heavy atom. The predicted molar refractivity (Wildman–Crippen MR) is 93.7 cm³/mol. The predicted octanol–water partition coefficient (Wildman–Crippen LogP) is 1.56. The Labute approximate surface area is 144 Å². The molecule has 0 radical (unpaired) electrons. The Kier molecular flexibility index (Phi) is 5.08. The zero-order chi connectivity index (χ0) is 17.2. The van der Waals surface area contributed by atoms with Crippen molar-refractivity contribution in [3.8, 4) is 0 Å². The Morgan fingerprint density at radius 2 is 2.29 bits per heavy atom. The number of ether oxygens (including phenoxy) is 1. The minimum Gasteiger partial charge on any atom is -0.378 e. The molecule has 0 bridgehead atoms. The fraction of sp³-hybridized carbons (Fsp3) is 0.824. The number of nitrogens with zero attached hydrogens (tertiary/aromatic N) is 5. The number of hydrogen-bond donors (Lipinski definition) is 1. The van der Waals surface area contributed by atoms with Crippen molar-refractivity contribution in [1.29, 1.82) is 0 Å². The van der Waals surface area contributed by atoms with Crippen molar-refractivity contribution < 1.29 is 4.74 Å². The van der Waals surface area contributed by atoms with Crippen LogP contribution in [0.15, 0.2) is 11.3 Å². The molecule has 1 spiro atoms. The molecule has 0 amide bonds. The molecule has 2 atom stereocenters. The van der Waals surface area contributed by atoms with Gasteiger partial charge in [0.05, 0.1) is 12.6 Å². The van der Waals surface area contributed by atoms with E-state index in [1.165, 1.54) is 19.3 Å². The number of aryl methyl sites for hydroxylation is 1. The second-order valence-electron chi connectivity index (χ2n) is 6.92. The van der Waals surface area contributed by atoms with E-state index < -0.39 is 0 Å². The van der Waals surface area contributed by atoms with Crippen molar-refractivity contribution in [3.63, 3.8) is 0 Å². The number of aromatic nitrogens is 3. The molecular formula is C17H30N6O. The monoisotopic (exact) mass is 334 g/mol. The van der Waals surface area contributed by atoms with E-state index in [9.17, 15) is 0 Å². The highest BCUT2D eigenvalue weighted by atomic mass is 16.5. The van der Waals surface area contributed by atoms with Crippen LogP contribution in [0.2, 0.25) is 0 Å². The minimum absolute atomic E-state index is 0.330. The van der Waals surface area contributed by atoms with Crippen LogP contribution in [0.3, 0.4) is 0 Å². The smallest absolute Gasteiger partial charge is 0.194 e. The Morgan fingerprint density at radius 3 is 2.83 bits per heavy atom. The SMILES string of the molecule is CCN=C(NC1CC(OCC)C12CCC2)N(C)Cc1ncnn1C. The average molecular weight is 334 g/mol. The lowest BCUT2D eigenvalue weighted by Gasteiger charge is -2.61. The molecule has 2 aliphatic carbocycles. The van der Waals surface area contributed by atoms with Gasteiger partial charge in [0.15, 0.2) is 5.96 Å². The van der Waals surface area contributed by atoms with Crippen molar-refractivity contribution in [2.75, 3.05) is 20.2 Å². The molecule has 0 saturated heterocycles. The van der Waals surface area contributed by atoms with Crippen LogP contribution in [0.4, 0.5) is 0 Å². The molecule has 0 aromatic carbocycles. The molecule has 24 heavy (non-hydrogen) atoms. The molecule has 2 aliphatic rings. The summed E-state index contributed by atoms with van der Waals surface area (Å²) in [5.41, 5.74) is 0.330. The van der Waals surface area contributed by atoms with Crippen molar-refractivity contribution >= 4 is 5.96 Å². The van der Waals surface area contributed by atoms with E-state index >= 15 is 0 Å². The molecule has 1 heterocycles. The zero-order valence-electron chi connectivity index (χ0n) is 15.3. The summed E-state index contributed by atoms with van der Waals surface area (Å²) in [6, 6.07) is 0.468. The van der Waals surface area contributed by atoms with E-state index in [1.807, 2.05) is 11.7 Å². The third-order valence-corrected chi connectivity index (χ3v) is 5.59. The summed E-state index contributed by atoms with van der Waals surface area (Å²) in [5.74, 6) is 1.88. The zero-order valence-corrected chi connectivity index (χ0v) is 15.3. The Bertz CT molecular complexity index is 579. The second kappa shape index (κ2) is 7.09. The van der Waals surface area contributed by atoms with Crippen LogP contribution < -0.4 is 5.32 Å². The highest BCUT2D eigenvalue weighted by Gasteiger charge is 2.59. The summed E-state index contributed by atoms with van der Waals surface area (Å²) < 4.78 is 7.76. The standard InChI is InChI=1S/C17H30N6O/c1-5-18-16(22(3)11-15-19-12-20-23(15)4)21-13-10-14(24-6-2)17(13)8-7-9-17/h12-14H,5-11H2,1-4H3,(H,18,21). The maximum atomic E-state index is 5.95. The van der Waals surface area contributed by atoms with Gasteiger partial charge in [0.25, 0.3) is 0 Å². The lowest BCUT2D eigenvalue weighted by molar-refractivity contribution is -0.168. The van der Waals surface area contributed by atoms with Crippen molar-refractivity contribution in [2.24, 2.45) is 17.5 Å². The maximum Gasteiger partial charge on any atom is 0.194 e. The van der Waals surface area contributed by atoms with Gasteiger partial charge in [-0.15, -0.1) is 0 Å². The van der Waals surface area contributed by atoms with Gasteiger partial charge in [0.1, 0.15) is 12.2 Å². The molecule has 134 valence electrons. The second-order valence-corrected chi connectivity index (χ2v) is 6.92. The highest BCUT2D eigenvalue weighted by Crippen LogP contribution is 2.57. The van der Waals surface area contributed by atoms with E-state index in [1.54, 1.807) is 6.33 Å². The number of nitrogens with one attached hydrogen (secondary N) is 1. The Balaban J connectivity index is 1.64. The number of guanidine groups is 1. The molecule has 2 saturated carbocycles. The number of aliphatic imine (C=N–C) groups is 1. The fourth-order valence-electron chi connectivity index (χ4n) is 3.97. The molecule has 2 unspecified atom stereocenters. The van der Waals surface area contributed by atoms with Gasteiger partial charge in [0.2, 0.25) is 0 Å². The van der Waals surface area contributed by atoms with Gasteiger partial charge in [-0.2, -0.15) is 5.10 Å². The first-order chi connectivity index (χ1) is 11.6. The van der Waals surface area contributed by atoms with Crippen molar-refractivity contribution in [2.45, 2.75) is 58.2 Å². The van der Waals surface area contributed by atoms with E-state index in [0.717, 1.165) is 31.4 Å². The normalized spacial score (nSPS) is 25.2. The quantitative estimate of drug-likeness (QED) is 0.632. The highest BCUT2D eigenvalue weighted by molar-refractivity contribution is 5.80. The molecular weight excluding hydrogens is 304 g/mol. The third-order valence-electron chi connectivity index (χ3n) is 5.59. The first kappa shape index (κ1) is 17.2. The largest absolute Gasteiger partial charge is 0.378 e. The van der Waals surface area contributed by atoms with Crippen LogP contribution in [-0.4, -0.2) is 58.0 Å². The molecule has 7 heteroatoms. The van der Waals surface area contributed by atoms with Gasteiger partial charge >= 0.3 is 0 Å². The first-order valence-electron chi connectivity index (χ1n) is 9.07. The van der Waals surface area contributed by atoms with Crippen molar-refractivity contribution in [1.82, 2.24) is 25.0 Å². The number of hydrogen-bond acceptors (Lipinski definition) is 4. The average Bonchev–Trinajstić information content (AvgIpc) is 2.88. The summed E-state index contributed by atoms with van der Waals surface area (Å²) in [6.45, 7) is 6.42. The topological polar surface area (TPSA) is 67.6 Å². The third kappa shape index (κ3) is 3.01. The molecule has 1 N–H and O–H groups in total. The van der Waals surface area contributed by atoms with Crippen LogP contribution >= 0.6 is 0 Å². The lowest BCUT2D eigenvalue weighted by atomic mass is 9.51. The first-order valence-corrected chi connectivity index (χ1v) is 9.07. The van der Waals surface area contributed by atoms with Gasteiger partial charge in [0, 0.05) is 38.7 Å². The summed E-state index contributed by atoms with van der Waals surface area (Å²) in [7, 11) is 3.98. The van der Waals surface area contributed by atoms with E-state index in [-0.39, 0.29) is 0 Å².